The summed E-state index contributed by atoms with van der Waals surface area (Å²) in [6, 6.07) is 43.0. The van der Waals surface area contributed by atoms with E-state index in [1.54, 1.807) is 127 Å². The van der Waals surface area contributed by atoms with Crippen molar-refractivity contribution in [1.82, 2.24) is 0 Å². The maximum Gasteiger partial charge on any atom is 0.343 e. The van der Waals surface area contributed by atoms with Crippen molar-refractivity contribution >= 4 is 68.7 Å². The number of rotatable bonds is 38. The number of fused-ring (bicyclic) bond motifs is 3. The highest BCUT2D eigenvalue weighted by molar-refractivity contribution is 5.93. The van der Waals surface area contributed by atoms with Crippen LogP contribution in [0.15, 0.2) is 191 Å². The molecule has 0 unspecified atom stereocenters. The van der Waals surface area contributed by atoms with Crippen LogP contribution < -0.4 is 45.3 Å². The number of unbranched alkanes of at least 4 members (excludes halogenated alkanes) is 12. The zero-order chi connectivity index (χ0) is 67.3. The lowest BCUT2D eigenvalue weighted by atomic mass is 10.1. The van der Waals surface area contributed by atoms with Crippen molar-refractivity contribution in [1.29, 1.82) is 0 Å². The number of ether oxygens (including phenoxy) is 9. The van der Waals surface area contributed by atoms with Crippen LogP contribution in [0.3, 0.4) is 0 Å². The third-order valence-electron chi connectivity index (χ3n) is 15.2. The molecule has 0 spiro atoms. The van der Waals surface area contributed by atoms with Crippen LogP contribution in [0.5, 0.6) is 34.5 Å². The fraction of sp³-hybridized carbons (Fsp3) is 0.320. The molecule has 9 rings (SSSR count). The molecule has 0 N–H and O–H groups in total. The first kappa shape index (κ1) is 69.5. The molecular weight excluding hydrogens is 1240 g/mol. The van der Waals surface area contributed by atoms with Gasteiger partial charge in [0.25, 0.3) is 0 Å². The minimum absolute atomic E-state index is 0.123. The minimum atomic E-state index is -0.989. The van der Waals surface area contributed by atoms with Gasteiger partial charge in [0.2, 0.25) is 0 Å². The van der Waals surface area contributed by atoms with Crippen molar-refractivity contribution in [3.63, 3.8) is 0 Å². The first-order chi connectivity index (χ1) is 46.7. The third kappa shape index (κ3) is 23.0. The van der Waals surface area contributed by atoms with Gasteiger partial charge >= 0.3 is 52.7 Å². The second-order valence-corrected chi connectivity index (χ2v) is 22.7. The largest absolute Gasteiger partial charge is 0.494 e. The van der Waals surface area contributed by atoms with Gasteiger partial charge in [0, 0.05) is 71.8 Å². The molecule has 6 aromatic carbocycles. The molecule has 0 amide bonds. The summed E-state index contributed by atoms with van der Waals surface area (Å²) in [6.45, 7) is 0.823. The molecule has 0 radical (unpaired) electrons. The quantitative estimate of drug-likeness (QED) is 0.0114. The molecule has 0 atom stereocenters. The van der Waals surface area contributed by atoms with E-state index in [9.17, 15) is 43.2 Å². The maximum absolute atomic E-state index is 13.1. The first-order valence-corrected chi connectivity index (χ1v) is 32.2. The van der Waals surface area contributed by atoms with E-state index in [2.05, 4.69) is 0 Å². The van der Waals surface area contributed by atoms with E-state index in [0.717, 1.165) is 77.0 Å². The Balaban J connectivity index is 0.630. The summed E-state index contributed by atoms with van der Waals surface area (Å²) in [5.74, 6) is -0.631. The molecule has 0 saturated heterocycles. The van der Waals surface area contributed by atoms with E-state index >= 15 is 0 Å². The van der Waals surface area contributed by atoms with Crippen molar-refractivity contribution in [2.45, 2.75) is 122 Å². The topological polar surface area (TPSA) is 276 Å². The molecule has 0 bridgehead atoms. The Morgan fingerprint density at radius 3 is 0.896 bits per heavy atom. The van der Waals surface area contributed by atoms with Crippen LogP contribution in [0.2, 0.25) is 0 Å². The molecular formula is C75H74O21. The fourth-order valence-corrected chi connectivity index (χ4v) is 10.0. The zero-order valence-electron chi connectivity index (χ0n) is 53.0. The van der Waals surface area contributed by atoms with Crippen LogP contribution in [-0.4, -0.2) is 75.0 Å². The standard InChI is InChI=1S/C75H74O21/c76-67(16-10-4-1-7-13-43-85-57-31-22-54(23-32-57)73(82)91-60-37-19-51-28-40-70(79)94-64(51)46-60)88-49-63(90-69(78)18-12-6-3-9-15-45-87-59-35-26-56(27-36-59)75(84)93-62-39-21-53-30-42-72(81)96-66(53)48-62)50-89-68(77)17-11-5-2-8-14-44-86-58-33-24-55(25-34-58)74(83)92-61-38-20-52-29-41-71(80)95-65(52)47-61/h19-42,46-48,63H,1-18,43-45,49-50H2. The van der Waals surface area contributed by atoms with Crippen LogP contribution in [0, 0.1) is 0 Å². The summed E-state index contributed by atoms with van der Waals surface area (Å²) < 4.78 is 66.4. The molecule has 0 aliphatic rings. The third-order valence-corrected chi connectivity index (χ3v) is 15.2. The Kier molecular flexibility index (Phi) is 26.5. The van der Waals surface area contributed by atoms with Crippen molar-refractivity contribution in [3.8, 4) is 34.5 Å². The van der Waals surface area contributed by atoms with Gasteiger partial charge in [-0.2, -0.15) is 0 Å². The maximum atomic E-state index is 13.1. The molecule has 0 fully saturated rings. The second-order valence-electron chi connectivity index (χ2n) is 22.7. The van der Waals surface area contributed by atoms with Crippen LogP contribution in [0.1, 0.15) is 147 Å². The highest BCUT2D eigenvalue weighted by Crippen LogP contribution is 2.26. The number of hydrogen-bond acceptors (Lipinski definition) is 21. The monoisotopic (exact) mass is 1310 g/mol. The Morgan fingerprint density at radius 2 is 0.573 bits per heavy atom. The SMILES string of the molecule is O=C(CCCCCCCOc1ccc(C(=O)Oc2ccc3ccc(=O)oc3c2)cc1)OCC(COC(=O)CCCCCCCOc1ccc(C(=O)Oc2ccc3ccc(=O)oc3c2)cc1)OC(=O)CCCCCCCOc1ccc(C(=O)Oc2ccc3ccc(=O)oc3c2)cc1. The predicted molar refractivity (Wildman–Crippen MR) is 353 cm³/mol. The Bertz CT molecular complexity index is 4060. The molecule has 21 nitrogen and oxygen atoms in total. The summed E-state index contributed by atoms with van der Waals surface area (Å²) in [5.41, 5.74) is 0.381. The van der Waals surface area contributed by atoms with Crippen LogP contribution in [0.4, 0.5) is 0 Å². The average Bonchev–Trinajstić information content (AvgIpc) is 0.929. The van der Waals surface area contributed by atoms with Gasteiger partial charge < -0.3 is 55.9 Å². The van der Waals surface area contributed by atoms with Gasteiger partial charge in [-0.3, -0.25) is 14.4 Å². The Hall–Kier alpha value is -10.8. The van der Waals surface area contributed by atoms with E-state index in [0.29, 0.717) is 106 Å². The smallest absolute Gasteiger partial charge is 0.343 e. The molecule has 9 aromatic rings. The van der Waals surface area contributed by atoms with Gasteiger partial charge in [-0.1, -0.05) is 57.8 Å². The van der Waals surface area contributed by atoms with Gasteiger partial charge in [-0.05, 0) is 166 Å². The van der Waals surface area contributed by atoms with E-state index in [1.807, 2.05) is 0 Å². The number of benzene rings is 6. The Labute approximate surface area is 552 Å². The molecule has 0 saturated carbocycles. The van der Waals surface area contributed by atoms with E-state index < -0.39 is 58.8 Å². The number of carbonyl (C=O) groups is 6. The van der Waals surface area contributed by atoms with Crippen molar-refractivity contribution in [2.24, 2.45) is 0 Å². The average molecular weight is 1310 g/mol. The minimum Gasteiger partial charge on any atom is -0.494 e. The van der Waals surface area contributed by atoms with Gasteiger partial charge in [-0.25, -0.2) is 28.8 Å². The number of esters is 6. The number of carbonyl (C=O) groups excluding carboxylic acids is 6. The normalized spacial score (nSPS) is 11.1. The Morgan fingerprint density at radius 1 is 0.302 bits per heavy atom. The van der Waals surface area contributed by atoms with Gasteiger partial charge in [0.1, 0.15) is 64.5 Å². The molecule has 0 aliphatic heterocycles. The zero-order valence-corrected chi connectivity index (χ0v) is 53.0. The summed E-state index contributed by atoms with van der Waals surface area (Å²) in [5, 5.41) is 2.10. The van der Waals surface area contributed by atoms with Crippen LogP contribution in [-0.2, 0) is 28.6 Å². The van der Waals surface area contributed by atoms with E-state index in [1.165, 1.54) is 36.4 Å². The molecule has 3 aromatic heterocycles. The lowest BCUT2D eigenvalue weighted by Crippen LogP contribution is -2.30. The van der Waals surface area contributed by atoms with Crippen LogP contribution >= 0.6 is 0 Å². The first-order valence-electron chi connectivity index (χ1n) is 32.2. The van der Waals surface area contributed by atoms with E-state index in [4.69, 9.17) is 55.9 Å². The molecule has 0 aliphatic carbocycles. The number of hydrogen-bond donors (Lipinski definition) is 0. The molecule has 96 heavy (non-hydrogen) atoms. The predicted octanol–water partition coefficient (Wildman–Crippen LogP) is 14.2. The van der Waals surface area contributed by atoms with Gasteiger partial charge in [0.05, 0.1) is 36.5 Å². The lowest BCUT2D eigenvalue weighted by molar-refractivity contribution is -0.167. The summed E-state index contributed by atoms with van der Waals surface area (Å²) in [4.78, 5) is 112. The summed E-state index contributed by atoms with van der Waals surface area (Å²) in [6.07, 6.45) is 10.9. The van der Waals surface area contributed by atoms with Crippen molar-refractivity contribution < 1.29 is 84.7 Å². The molecule has 3 heterocycles. The van der Waals surface area contributed by atoms with Crippen molar-refractivity contribution in [3.05, 3.63) is 212 Å². The molecule has 500 valence electrons. The summed E-state index contributed by atoms with van der Waals surface area (Å²) >= 11 is 0. The molecule has 21 heteroatoms. The van der Waals surface area contributed by atoms with Crippen LogP contribution in [0.25, 0.3) is 32.9 Å². The van der Waals surface area contributed by atoms with Gasteiger partial charge in [-0.15, -0.1) is 0 Å². The van der Waals surface area contributed by atoms with E-state index in [-0.39, 0.29) is 49.7 Å². The fourth-order valence-electron chi connectivity index (χ4n) is 10.0. The highest BCUT2D eigenvalue weighted by atomic mass is 16.6. The van der Waals surface area contributed by atoms with Crippen molar-refractivity contribution in [2.75, 3.05) is 33.0 Å². The second kappa shape index (κ2) is 36.6. The highest BCUT2D eigenvalue weighted by Gasteiger charge is 2.21. The summed E-state index contributed by atoms with van der Waals surface area (Å²) in [7, 11) is 0. The lowest BCUT2D eigenvalue weighted by Gasteiger charge is -2.18. The van der Waals surface area contributed by atoms with Gasteiger partial charge in [0.15, 0.2) is 6.10 Å².